The number of fused-ring (bicyclic) bond motifs is 7. The summed E-state index contributed by atoms with van der Waals surface area (Å²) in [5.41, 5.74) is 12.3. The van der Waals surface area contributed by atoms with Crippen LogP contribution in [-0.2, 0) is 45.9 Å². The van der Waals surface area contributed by atoms with Gasteiger partial charge in [-0.1, -0.05) is 62.7 Å². The number of nitrogens with zero attached hydrogens (tertiary/aromatic N) is 6. The summed E-state index contributed by atoms with van der Waals surface area (Å²) in [6.07, 6.45) is 6.08. The maximum absolute atomic E-state index is 5.10. The Morgan fingerprint density at radius 2 is 1.55 bits per heavy atom. The second kappa shape index (κ2) is 13.0. The van der Waals surface area contributed by atoms with Crippen LogP contribution in [0.15, 0.2) is 115 Å². The van der Waals surface area contributed by atoms with Crippen LogP contribution < -0.4 is 9.80 Å². The van der Waals surface area contributed by atoms with Crippen molar-refractivity contribution in [3.05, 3.63) is 157 Å². The minimum Gasteiger partial charge on any atom is -0.493 e. The third-order valence-electron chi connectivity index (χ3n) is 10.7. The molecule has 0 saturated heterocycles. The number of pyridine rings is 1. The standard InChI is InChI=1S/C46H39N6.Pt/c1-46(2,3)33-21-22-47-45(27-33)52-39-17-8-7-16-36(39)37-20-19-32(26-40(37)52)24-31-12-11-15-35(25-31)51-30-50(34-13-5-4-6-14-34)43-29-41-38(28-42(43)51)48-44-18-9-10-23-49(41)44;/h4-8,11-17,19-22,27-30H,9-10,18,23-24H2,1-3H3;/q-3;. The molecule has 0 atom stereocenters. The molecule has 5 heterocycles. The molecule has 0 aliphatic carbocycles. The maximum atomic E-state index is 5.10. The van der Waals surface area contributed by atoms with Gasteiger partial charge in [-0.15, -0.1) is 17.7 Å². The third-order valence-corrected chi connectivity index (χ3v) is 10.7. The number of benzene rings is 5. The molecule has 8 aromatic rings. The first-order chi connectivity index (χ1) is 25.4. The van der Waals surface area contributed by atoms with Gasteiger partial charge in [-0.2, -0.15) is 53.6 Å². The predicted octanol–water partition coefficient (Wildman–Crippen LogP) is 10.8. The van der Waals surface area contributed by atoms with Crippen molar-refractivity contribution in [2.75, 3.05) is 9.80 Å². The fourth-order valence-electron chi connectivity index (χ4n) is 8.04. The summed E-state index contributed by atoms with van der Waals surface area (Å²) in [7, 11) is 0. The molecule has 0 unspecified atom stereocenters. The van der Waals surface area contributed by atoms with E-state index in [0.717, 1.165) is 69.2 Å². The number of rotatable bonds is 5. The average Bonchev–Trinajstić information content (AvgIpc) is 3.83. The van der Waals surface area contributed by atoms with Crippen molar-refractivity contribution in [1.29, 1.82) is 0 Å². The Bertz CT molecular complexity index is 2650. The number of hydrogen-bond acceptors (Lipinski definition) is 4. The van der Waals surface area contributed by atoms with Crippen LogP contribution in [0, 0.1) is 18.8 Å². The molecular weight excluding hydrogens is 832 g/mol. The van der Waals surface area contributed by atoms with Gasteiger partial charge in [0.25, 0.3) is 0 Å². The molecule has 0 spiro atoms. The molecule has 266 valence electrons. The van der Waals surface area contributed by atoms with Gasteiger partial charge in [0.15, 0.2) is 0 Å². The van der Waals surface area contributed by atoms with E-state index >= 15 is 0 Å². The summed E-state index contributed by atoms with van der Waals surface area (Å²) in [6, 6.07) is 46.7. The van der Waals surface area contributed by atoms with E-state index in [0.29, 0.717) is 6.42 Å². The Kier molecular flexibility index (Phi) is 8.27. The molecule has 0 N–H and O–H groups in total. The van der Waals surface area contributed by atoms with Crippen molar-refractivity contribution in [3.8, 4) is 5.82 Å². The molecule has 0 amide bonds. The first-order valence-electron chi connectivity index (χ1n) is 18.3. The Morgan fingerprint density at radius 3 is 2.42 bits per heavy atom. The van der Waals surface area contributed by atoms with E-state index in [9.17, 15) is 0 Å². The van der Waals surface area contributed by atoms with Gasteiger partial charge in [0.05, 0.1) is 11.0 Å². The van der Waals surface area contributed by atoms with E-state index in [1.54, 1.807) is 0 Å². The zero-order valence-electron chi connectivity index (χ0n) is 30.1. The first-order valence-corrected chi connectivity index (χ1v) is 18.3. The average molecular weight is 871 g/mol. The van der Waals surface area contributed by atoms with E-state index in [2.05, 4.69) is 168 Å². The molecule has 0 fully saturated rings. The molecule has 3 aromatic heterocycles. The van der Waals surface area contributed by atoms with E-state index in [1.165, 1.54) is 40.5 Å². The minimum atomic E-state index is 0. The summed E-state index contributed by atoms with van der Waals surface area (Å²) in [5.74, 6) is 2.12. The fraction of sp³-hybridized carbons (Fsp3) is 0.196. The van der Waals surface area contributed by atoms with Crippen molar-refractivity contribution in [1.82, 2.24) is 19.1 Å². The minimum absolute atomic E-state index is 0. The summed E-state index contributed by atoms with van der Waals surface area (Å²) >= 11 is 0. The van der Waals surface area contributed by atoms with Crippen LogP contribution in [0.25, 0.3) is 38.7 Å². The van der Waals surface area contributed by atoms with Gasteiger partial charge in [-0.05, 0) is 78.1 Å². The predicted molar refractivity (Wildman–Crippen MR) is 212 cm³/mol. The van der Waals surface area contributed by atoms with Gasteiger partial charge >= 0.3 is 0 Å². The van der Waals surface area contributed by atoms with Crippen molar-refractivity contribution >= 4 is 55.6 Å². The third kappa shape index (κ3) is 5.75. The number of hydrogen-bond donors (Lipinski definition) is 0. The van der Waals surface area contributed by atoms with E-state index < -0.39 is 0 Å². The van der Waals surface area contributed by atoms with Crippen molar-refractivity contribution < 1.29 is 21.1 Å². The van der Waals surface area contributed by atoms with E-state index in [1.807, 2.05) is 6.20 Å². The summed E-state index contributed by atoms with van der Waals surface area (Å²) in [5, 5.41) is 2.38. The Balaban J connectivity index is 0.00000372. The van der Waals surface area contributed by atoms with E-state index in [4.69, 9.17) is 9.97 Å². The second-order valence-electron chi connectivity index (χ2n) is 15.1. The van der Waals surface area contributed by atoms with Crippen LogP contribution in [0.5, 0.6) is 0 Å². The largest absolute Gasteiger partial charge is 0.493 e. The zero-order chi connectivity index (χ0) is 35.0. The quantitative estimate of drug-likeness (QED) is 0.162. The smallest absolute Gasteiger partial charge is 0.135 e. The van der Waals surface area contributed by atoms with Crippen LogP contribution in [-0.4, -0.2) is 19.1 Å². The van der Waals surface area contributed by atoms with Gasteiger partial charge in [-0.3, -0.25) is 0 Å². The SMILES string of the molecule is CC(C)(C)c1ccnc(-n2c3[c-]c(Cc4[c-]c(N5[CH-]N(c6ccccc6)c6cc7c(cc65)nc5n7CCCC5)ccc4)ccc3c3ccccc32)c1.[Pt]. The fourth-order valence-corrected chi connectivity index (χ4v) is 8.04. The van der Waals surface area contributed by atoms with Crippen LogP contribution in [0.2, 0.25) is 0 Å². The Morgan fingerprint density at radius 1 is 0.736 bits per heavy atom. The molecule has 0 bridgehead atoms. The monoisotopic (exact) mass is 870 g/mol. The molecule has 0 saturated carbocycles. The van der Waals surface area contributed by atoms with Crippen LogP contribution in [0.1, 0.15) is 56.1 Å². The number of para-hydroxylation sites is 2. The van der Waals surface area contributed by atoms with Crippen LogP contribution in [0.3, 0.4) is 0 Å². The van der Waals surface area contributed by atoms with E-state index in [-0.39, 0.29) is 26.5 Å². The molecule has 53 heavy (non-hydrogen) atoms. The van der Waals surface area contributed by atoms with Gasteiger partial charge in [-0.25, -0.2) is 9.97 Å². The number of imidazole rings is 1. The second-order valence-corrected chi connectivity index (χ2v) is 15.1. The number of aromatic nitrogens is 4. The van der Waals surface area contributed by atoms with Gasteiger partial charge < -0.3 is 18.9 Å². The molecule has 10 rings (SSSR count). The van der Waals surface area contributed by atoms with Crippen LogP contribution in [0.4, 0.5) is 22.7 Å². The Labute approximate surface area is 325 Å². The van der Waals surface area contributed by atoms with Gasteiger partial charge in [0.1, 0.15) is 11.6 Å². The van der Waals surface area contributed by atoms with Gasteiger partial charge in [0, 0.05) is 62.8 Å². The van der Waals surface area contributed by atoms with Crippen LogP contribution >= 0.6 is 0 Å². The van der Waals surface area contributed by atoms with Crippen molar-refractivity contribution in [3.63, 3.8) is 0 Å². The normalized spacial score (nSPS) is 14.2. The number of anilines is 4. The van der Waals surface area contributed by atoms with Crippen molar-refractivity contribution in [2.45, 2.75) is 58.4 Å². The van der Waals surface area contributed by atoms with Crippen molar-refractivity contribution in [2.24, 2.45) is 0 Å². The number of aryl methyl sites for hydroxylation is 2. The molecule has 7 heteroatoms. The molecular formula is C46H39N6Pt-3. The topological polar surface area (TPSA) is 42.1 Å². The molecule has 0 radical (unpaired) electrons. The summed E-state index contributed by atoms with van der Waals surface area (Å²) < 4.78 is 4.69. The first kappa shape index (κ1) is 33.6. The summed E-state index contributed by atoms with van der Waals surface area (Å²) in [4.78, 5) is 14.5. The zero-order valence-corrected chi connectivity index (χ0v) is 32.4. The van der Waals surface area contributed by atoms with Gasteiger partial charge in [0.2, 0.25) is 0 Å². The molecule has 2 aliphatic rings. The molecule has 2 aliphatic heterocycles. The Hall–Kier alpha value is -5.19. The molecule has 6 nitrogen and oxygen atoms in total. The summed E-state index contributed by atoms with van der Waals surface area (Å²) in [6.45, 7) is 9.96. The molecule has 5 aromatic carbocycles. The maximum Gasteiger partial charge on any atom is 0.135 e.